The zero-order chi connectivity index (χ0) is 13.9. The second-order valence-electron chi connectivity index (χ2n) is 5.01. The van der Waals surface area contributed by atoms with Gasteiger partial charge in [-0.05, 0) is 38.4 Å². The molecule has 1 aliphatic rings. The van der Waals surface area contributed by atoms with Crippen molar-refractivity contribution in [3.05, 3.63) is 28.7 Å². The number of hydrogen-bond acceptors (Lipinski definition) is 4. The average molecular weight is 285 g/mol. The van der Waals surface area contributed by atoms with Crippen molar-refractivity contribution in [2.45, 2.75) is 17.7 Å². The number of rotatable bonds is 4. The molecule has 0 radical (unpaired) electrons. The molecule has 1 aromatic rings. The van der Waals surface area contributed by atoms with E-state index in [0.717, 1.165) is 25.9 Å². The van der Waals surface area contributed by atoms with Crippen molar-refractivity contribution in [3.63, 3.8) is 0 Å². The molecule has 1 atom stereocenters. The Morgan fingerprint density at radius 3 is 2.89 bits per heavy atom. The quantitative estimate of drug-likeness (QED) is 0.815. The van der Waals surface area contributed by atoms with Gasteiger partial charge in [-0.25, -0.2) is 13.1 Å². The van der Waals surface area contributed by atoms with Crippen LogP contribution in [-0.4, -0.2) is 45.0 Å². The van der Waals surface area contributed by atoms with Crippen LogP contribution in [0.2, 0.25) is 0 Å². The molecule has 106 valence electrons. The van der Waals surface area contributed by atoms with Crippen LogP contribution < -0.4 is 10.3 Å². The minimum absolute atomic E-state index is 0.0938. The number of pyridine rings is 1. The van der Waals surface area contributed by atoms with E-state index in [4.69, 9.17) is 0 Å². The van der Waals surface area contributed by atoms with Crippen molar-refractivity contribution in [3.8, 4) is 0 Å². The minimum Gasteiger partial charge on any atom is -0.328 e. The van der Waals surface area contributed by atoms with E-state index in [1.54, 1.807) is 0 Å². The lowest BCUT2D eigenvalue weighted by atomic mass is 9.99. The molecule has 19 heavy (non-hydrogen) atoms. The van der Waals surface area contributed by atoms with E-state index < -0.39 is 10.0 Å². The second-order valence-corrected chi connectivity index (χ2v) is 6.78. The van der Waals surface area contributed by atoms with Crippen LogP contribution in [0.15, 0.2) is 28.0 Å². The first-order chi connectivity index (χ1) is 8.97. The maximum atomic E-state index is 12.0. The largest absolute Gasteiger partial charge is 0.328 e. The van der Waals surface area contributed by atoms with Crippen molar-refractivity contribution in [2.24, 2.45) is 5.92 Å². The van der Waals surface area contributed by atoms with Crippen molar-refractivity contribution in [1.82, 2.24) is 14.6 Å². The van der Waals surface area contributed by atoms with E-state index in [0.29, 0.717) is 12.5 Å². The molecule has 2 heterocycles. The SMILES string of the molecule is CN1CCCC(CNS(=O)(=O)c2ccc(=O)[nH]c2)C1. The Morgan fingerprint density at radius 2 is 2.26 bits per heavy atom. The van der Waals surface area contributed by atoms with E-state index in [9.17, 15) is 13.2 Å². The molecule has 0 aliphatic carbocycles. The Kier molecular flexibility index (Phi) is 4.38. The van der Waals surface area contributed by atoms with Crippen LogP contribution in [0, 0.1) is 5.92 Å². The van der Waals surface area contributed by atoms with Crippen LogP contribution in [0.25, 0.3) is 0 Å². The lowest BCUT2D eigenvalue weighted by Gasteiger charge is -2.29. The standard InChI is InChI=1S/C12H19N3O3S/c1-15-6-2-3-10(9-15)7-14-19(17,18)11-4-5-12(16)13-8-11/h4-5,8,10,14H,2-3,6-7,9H2,1H3,(H,13,16). The maximum absolute atomic E-state index is 12.0. The smallest absolute Gasteiger partial charge is 0.247 e. The number of likely N-dealkylation sites (tertiary alicyclic amines) is 1. The number of aromatic nitrogens is 1. The lowest BCUT2D eigenvalue weighted by Crippen LogP contribution is -2.39. The van der Waals surface area contributed by atoms with Crippen molar-refractivity contribution in [1.29, 1.82) is 0 Å². The first-order valence-corrected chi connectivity index (χ1v) is 7.82. The fourth-order valence-corrected chi connectivity index (χ4v) is 3.40. The van der Waals surface area contributed by atoms with Crippen molar-refractivity contribution < 1.29 is 8.42 Å². The highest BCUT2D eigenvalue weighted by Gasteiger charge is 2.20. The van der Waals surface area contributed by atoms with Crippen LogP contribution in [0.3, 0.4) is 0 Å². The van der Waals surface area contributed by atoms with E-state index >= 15 is 0 Å². The summed E-state index contributed by atoms with van der Waals surface area (Å²) in [5, 5.41) is 0. The van der Waals surface area contributed by atoms with Gasteiger partial charge in [0.1, 0.15) is 0 Å². The summed E-state index contributed by atoms with van der Waals surface area (Å²) >= 11 is 0. The van der Waals surface area contributed by atoms with Gasteiger partial charge in [0.25, 0.3) is 0 Å². The number of nitrogens with zero attached hydrogens (tertiary/aromatic N) is 1. The fourth-order valence-electron chi connectivity index (χ4n) is 2.31. The summed E-state index contributed by atoms with van der Waals surface area (Å²) in [6, 6.07) is 2.52. The zero-order valence-electron chi connectivity index (χ0n) is 10.9. The molecule has 1 fully saturated rings. The van der Waals surface area contributed by atoms with Gasteiger partial charge in [0.2, 0.25) is 15.6 Å². The van der Waals surface area contributed by atoms with E-state index in [2.05, 4.69) is 14.6 Å². The molecule has 1 aliphatic heterocycles. The van der Waals surface area contributed by atoms with Crippen LogP contribution in [-0.2, 0) is 10.0 Å². The number of nitrogens with one attached hydrogen (secondary N) is 2. The van der Waals surface area contributed by atoms with Gasteiger partial charge in [-0.15, -0.1) is 0 Å². The molecule has 1 saturated heterocycles. The summed E-state index contributed by atoms with van der Waals surface area (Å²) in [5.74, 6) is 0.344. The van der Waals surface area contributed by atoms with Crippen LogP contribution in [0.1, 0.15) is 12.8 Å². The highest BCUT2D eigenvalue weighted by atomic mass is 32.2. The van der Waals surface area contributed by atoms with Gasteiger partial charge in [0.15, 0.2) is 0 Å². The Hall–Kier alpha value is -1.18. The topological polar surface area (TPSA) is 82.3 Å². The summed E-state index contributed by atoms with van der Waals surface area (Å²) < 4.78 is 26.7. The molecule has 7 heteroatoms. The predicted molar refractivity (Wildman–Crippen MR) is 72.5 cm³/mol. The van der Waals surface area contributed by atoms with Gasteiger partial charge in [0, 0.05) is 25.4 Å². The summed E-state index contributed by atoms with van der Waals surface area (Å²) in [6.45, 7) is 2.42. The van der Waals surface area contributed by atoms with Gasteiger partial charge in [-0.2, -0.15) is 0 Å². The summed E-state index contributed by atoms with van der Waals surface area (Å²) in [4.78, 5) is 15.6. The second kappa shape index (κ2) is 5.85. The number of piperidine rings is 1. The first-order valence-electron chi connectivity index (χ1n) is 6.34. The molecule has 2 rings (SSSR count). The third-order valence-corrected chi connectivity index (χ3v) is 4.77. The van der Waals surface area contributed by atoms with E-state index in [1.807, 2.05) is 7.05 Å². The van der Waals surface area contributed by atoms with Gasteiger partial charge < -0.3 is 9.88 Å². The van der Waals surface area contributed by atoms with Crippen molar-refractivity contribution >= 4 is 10.0 Å². The Morgan fingerprint density at radius 1 is 1.47 bits per heavy atom. The molecular weight excluding hydrogens is 266 g/mol. The van der Waals surface area contributed by atoms with Gasteiger partial charge >= 0.3 is 0 Å². The Balaban J connectivity index is 1.97. The summed E-state index contributed by atoms with van der Waals surface area (Å²) in [5.41, 5.74) is -0.312. The number of hydrogen-bond donors (Lipinski definition) is 2. The highest BCUT2D eigenvalue weighted by Crippen LogP contribution is 2.15. The average Bonchev–Trinajstić information content (AvgIpc) is 2.37. The summed E-state index contributed by atoms with van der Waals surface area (Å²) in [6.07, 6.45) is 3.36. The van der Waals surface area contributed by atoms with Crippen LogP contribution >= 0.6 is 0 Å². The number of aromatic amines is 1. The Bertz CT molecular complexity index is 562. The molecule has 0 amide bonds. The molecule has 6 nitrogen and oxygen atoms in total. The molecular formula is C12H19N3O3S. The first kappa shape index (κ1) is 14.2. The van der Waals surface area contributed by atoms with Crippen LogP contribution in [0.4, 0.5) is 0 Å². The monoisotopic (exact) mass is 285 g/mol. The molecule has 0 aromatic carbocycles. The van der Waals surface area contributed by atoms with E-state index in [-0.39, 0.29) is 10.5 Å². The third kappa shape index (κ3) is 3.89. The molecule has 2 N–H and O–H groups in total. The van der Waals surface area contributed by atoms with Crippen LogP contribution in [0.5, 0.6) is 0 Å². The third-order valence-electron chi connectivity index (χ3n) is 3.35. The van der Waals surface area contributed by atoms with Gasteiger partial charge in [0.05, 0.1) is 4.90 Å². The lowest BCUT2D eigenvalue weighted by molar-refractivity contribution is 0.211. The maximum Gasteiger partial charge on any atom is 0.247 e. The minimum atomic E-state index is -3.53. The number of sulfonamides is 1. The predicted octanol–water partition coefficient (Wildman–Crippen LogP) is -0.00500. The zero-order valence-corrected chi connectivity index (χ0v) is 11.7. The van der Waals surface area contributed by atoms with Gasteiger partial charge in [-0.1, -0.05) is 0 Å². The normalized spacial score (nSPS) is 21.4. The number of H-pyrrole nitrogens is 1. The molecule has 1 unspecified atom stereocenters. The Labute approximate surface area is 112 Å². The van der Waals surface area contributed by atoms with Gasteiger partial charge in [-0.3, -0.25) is 4.79 Å². The fraction of sp³-hybridized carbons (Fsp3) is 0.583. The van der Waals surface area contributed by atoms with E-state index in [1.165, 1.54) is 18.3 Å². The molecule has 0 spiro atoms. The molecule has 1 aromatic heterocycles. The highest BCUT2D eigenvalue weighted by molar-refractivity contribution is 7.89. The molecule has 0 bridgehead atoms. The molecule has 0 saturated carbocycles. The summed E-state index contributed by atoms with van der Waals surface area (Å²) in [7, 11) is -1.49. The van der Waals surface area contributed by atoms with Crippen molar-refractivity contribution in [2.75, 3.05) is 26.7 Å².